The van der Waals surface area contributed by atoms with Gasteiger partial charge in [-0.2, -0.15) is 4.57 Å². The summed E-state index contributed by atoms with van der Waals surface area (Å²) in [7, 11) is 0. The van der Waals surface area contributed by atoms with Crippen molar-refractivity contribution in [2.24, 2.45) is 0 Å². The van der Waals surface area contributed by atoms with E-state index in [1.165, 1.54) is 4.57 Å². The summed E-state index contributed by atoms with van der Waals surface area (Å²) in [6, 6.07) is 6.37. The average Bonchev–Trinajstić information content (AvgIpc) is 2.39. The Morgan fingerprint density at radius 1 is 1.35 bits per heavy atom. The molecule has 2 rings (SSSR count). The summed E-state index contributed by atoms with van der Waals surface area (Å²) in [5.41, 5.74) is -0.376. The van der Waals surface area contributed by atoms with Crippen LogP contribution in [0.1, 0.15) is 17.3 Å². The Balaban J connectivity index is 0.00000200. The van der Waals surface area contributed by atoms with E-state index in [1.54, 1.807) is 37.5 Å². The van der Waals surface area contributed by atoms with Crippen LogP contribution in [-0.2, 0) is 4.74 Å². The summed E-state index contributed by atoms with van der Waals surface area (Å²) in [6.45, 7) is 1.85. The molecule has 0 fully saturated rings. The summed E-state index contributed by atoms with van der Waals surface area (Å²) in [5.74, 6) is -1.04. The molecule has 0 aromatic carbocycles. The second-order valence-corrected chi connectivity index (χ2v) is 3.75. The van der Waals surface area contributed by atoms with Crippen molar-refractivity contribution in [3.63, 3.8) is 0 Å². The monoisotopic (exact) mass is 296 g/mol. The predicted molar refractivity (Wildman–Crippen MR) is 66.2 cm³/mol. The van der Waals surface area contributed by atoms with Crippen LogP contribution in [0.15, 0.2) is 41.5 Å². The number of esters is 1. The van der Waals surface area contributed by atoms with Crippen molar-refractivity contribution >= 4 is 5.97 Å². The zero-order chi connectivity index (χ0) is 13.8. The molecule has 0 atom stereocenters. The van der Waals surface area contributed by atoms with Crippen molar-refractivity contribution in [1.82, 2.24) is 4.98 Å². The third kappa shape index (κ3) is 3.16. The second-order valence-electron chi connectivity index (χ2n) is 3.75. The van der Waals surface area contributed by atoms with Gasteiger partial charge in [0.05, 0.1) is 6.61 Å². The number of carbonyl (C=O) groups is 1. The fourth-order valence-electron chi connectivity index (χ4n) is 1.71. The first-order valence-corrected chi connectivity index (χ1v) is 5.73. The molecule has 0 radical (unpaired) electrons. The van der Waals surface area contributed by atoms with Gasteiger partial charge in [-0.3, -0.25) is 9.78 Å². The minimum absolute atomic E-state index is 0. The van der Waals surface area contributed by atoms with Gasteiger partial charge in [0.25, 0.3) is 17.1 Å². The van der Waals surface area contributed by atoms with Crippen molar-refractivity contribution < 1.29 is 31.6 Å². The first-order chi connectivity index (χ1) is 9.13. The summed E-state index contributed by atoms with van der Waals surface area (Å²) < 4.78 is 6.41. The number of hydrogen-bond acceptors (Lipinski definition) is 4. The zero-order valence-electron chi connectivity index (χ0n) is 10.7. The molecule has 0 aliphatic heterocycles. The SMILES string of the molecule is CCOC(=O)c1cc(=O)[nH]c(O)c1-[n+]1ccccc1.[Cl-]. The van der Waals surface area contributed by atoms with Gasteiger partial charge in [-0.25, -0.2) is 4.79 Å². The van der Waals surface area contributed by atoms with E-state index in [0.717, 1.165) is 6.07 Å². The van der Waals surface area contributed by atoms with Gasteiger partial charge in [0, 0.05) is 18.2 Å². The van der Waals surface area contributed by atoms with Crippen LogP contribution in [0.25, 0.3) is 5.69 Å². The molecule has 2 heterocycles. The Labute approximate surface area is 121 Å². The highest BCUT2D eigenvalue weighted by Crippen LogP contribution is 2.17. The summed E-state index contributed by atoms with van der Waals surface area (Å²) in [5, 5.41) is 9.86. The fourth-order valence-corrected chi connectivity index (χ4v) is 1.71. The second kappa shape index (κ2) is 6.72. The van der Waals surface area contributed by atoms with E-state index in [4.69, 9.17) is 4.74 Å². The number of rotatable bonds is 3. The Morgan fingerprint density at radius 2 is 2.00 bits per heavy atom. The van der Waals surface area contributed by atoms with Crippen LogP contribution in [0.3, 0.4) is 0 Å². The van der Waals surface area contributed by atoms with E-state index >= 15 is 0 Å². The Morgan fingerprint density at radius 3 is 2.60 bits per heavy atom. The smallest absolute Gasteiger partial charge is 0.345 e. The van der Waals surface area contributed by atoms with Crippen LogP contribution in [0.4, 0.5) is 0 Å². The van der Waals surface area contributed by atoms with Crippen LogP contribution < -0.4 is 22.5 Å². The van der Waals surface area contributed by atoms with Crippen LogP contribution in [-0.4, -0.2) is 22.7 Å². The number of aromatic hydroxyl groups is 1. The number of H-pyrrole nitrogens is 1. The number of halogens is 1. The molecule has 20 heavy (non-hydrogen) atoms. The van der Waals surface area contributed by atoms with Crippen molar-refractivity contribution in [1.29, 1.82) is 0 Å². The van der Waals surface area contributed by atoms with Crippen LogP contribution in [0.2, 0.25) is 0 Å². The van der Waals surface area contributed by atoms with Gasteiger partial charge in [-0.05, 0) is 6.92 Å². The van der Waals surface area contributed by atoms with Gasteiger partial charge in [-0.15, -0.1) is 0 Å². The molecular weight excluding hydrogens is 284 g/mol. The fraction of sp³-hybridized carbons (Fsp3) is 0.154. The lowest BCUT2D eigenvalue weighted by atomic mass is 10.2. The molecule has 2 aromatic rings. The van der Waals surface area contributed by atoms with Crippen molar-refractivity contribution in [3.05, 3.63) is 52.6 Å². The molecule has 0 saturated carbocycles. The number of hydrogen-bond donors (Lipinski definition) is 2. The first kappa shape index (κ1) is 15.7. The lowest BCUT2D eigenvalue weighted by Crippen LogP contribution is -3.00. The molecule has 0 aliphatic rings. The van der Waals surface area contributed by atoms with Gasteiger partial charge < -0.3 is 22.3 Å². The van der Waals surface area contributed by atoms with Crippen molar-refractivity contribution in [2.75, 3.05) is 6.61 Å². The third-order valence-corrected chi connectivity index (χ3v) is 2.47. The maximum absolute atomic E-state index is 11.8. The Hall–Kier alpha value is -2.34. The maximum Gasteiger partial charge on any atom is 0.345 e. The van der Waals surface area contributed by atoms with Crippen molar-refractivity contribution in [3.8, 4) is 11.6 Å². The highest BCUT2D eigenvalue weighted by atomic mass is 35.5. The molecule has 6 nitrogen and oxygen atoms in total. The van der Waals surface area contributed by atoms with Gasteiger partial charge in [0.2, 0.25) is 0 Å². The molecule has 7 heteroatoms. The number of aromatic amines is 1. The van der Waals surface area contributed by atoms with Crippen LogP contribution >= 0.6 is 0 Å². The topological polar surface area (TPSA) is 83.3 Å². The summed E-state index contributed by atoms with van der Waals surface area (Å²) >= 11 is 0. The number of nitrogens with one attached hydrogen (secondary N) is 1. The molecule has 0 bridgehead atoms. The lowest BCUT2D eigenvalue weighted by Gasteiger charge is -2.05. The molecule has 0 aliphatic carbocycles. The molecule has 0 unspecified atom stereocenters. The Kier molecular flexibility index (Phi) is 5.28. The van der Waals surface area contributed by atoms with Crippen LogP contribution in [0, 0.1) is 0 Å². The van der Waals surface area contributed by atoms with Gasteiger partial charge >= 0.3 is 5.97 Å². The zero-order valence-corrected chi connectivity index (χ0v) is 11.4. The average molecular weight is 297 g/mol. The number of nitrogens with zero attached hydrogens (tertiary/aromatic N) is 1. The van der Waals surface area contributed by atoms with Gasteiger partial charge in [0.15, 0.2) is 12.4 Å². The maximum atomic E-state index is 11.8. The molecular formula is C13H13ClN2O4. The predicted octanol–water partition coefficient (Wildman–Crippen LogP) is -2.46. The van der Waals surface area contributed by atoms with Crippen LogP contribution in [0.5, 0.6) is 5.88 Å². The minimum Gasteiger partial charge on any atom is -1.00 e. The van der Waals surface area contributed by atoms with E-state index in [1.807, 2.05) is 0 Å². The highest BCUT2D eigenvalue weighted by molar-refractivity contribution is 5.93. The normalized spacial score (nSPS) is 9.65. The highest BCUT2D eigenvalue weighted by Gasteiger charge is 2.25. The molecule has 2 aromatic heterocycles. The number of ether oxygens (including phenoxy) is 1. The van der Waals surface area contributed by atoms with Gasteiger partial charge in [0.1, 0.15) is 5.56 Å². The quantitative estimate of drug-likeness (QED) is 0.486. The molecule has 2 N–H and O–H groups in total. The number of carbonyl (C=O) groups excluding carboxylic acids is 1. The number of pyridine rings is 2. The minimum atomic E-state index is -0.657. The Bertz CT molecular complexity index is 655. The van der Waals surface area contributed by atoms with Crippen molar-refractivity contribution in [2.45, 2.75) is 6.92 Å². The standard InChI is InChI=1S/C13H12N2O4.ClH/c1-2-19-13(18)9-8-10(16)14-12(17)11(9)15-6-4-3-5-7-15;/h3-8H,2H2,1H3,(H-,14,16,17);1H. The molecule has 0 spiro atoms. The summed E-state index contributed by atoms with van der Waals surface area (Å²) in [4.78, 5) is 25.5. The van der Waals surface area contributed by atoms with E-state index < -0.39 is 11.5 Å². The first-order valence-electron chi connectivity index (χ1n) is 5.73. The van der Waals surface area contributed by atoms with E-state index in [2.05, 4.69) is 4.98 Å². The third-order valence-electron chi connectivity index (χ3n) is 2.47. The lowest BCUT2D eigenvalue weighted by molar-refractivity contribution is -0.596. The van der Waals surface area contributed by atoms with E-state index in [0.29, 0.717) is 0 Å². The summed E-state index contributed by atoms with van der Waals surface area (Å²) in [6.07, 6.45) is 3.30. The number of aromatic nitrogens is 2. The van der Waals surface area contributed by atoms with E-state index in [-0.39, 0.29) is 36.1 Å². The van der Waals surface area contributed by atoms with E-state index in [9.17, 15) is 14.7 Å². The van der Waals surface area contributed by atoms with Gasteiger partial charge in [-0.1, -0.05) is 6.07 Å². The molecule has 106 valence electrons. The largest absolute Gasteiger partial charge is 1.00 e. The molecule has 0 amide bonds. The molecule has 0 saturated heterocycles.